The number of halogens is 1. The summed E-state index contributed by atoms with van der Waals surface area (Å²) in [5, 5.41) is 0. The first-order valence-corrected chi connectivity index (χ1v) is 5.97. The molecule has 1 aromatic carbocycles. The minimum absolute atomic E-state index is 0.197. The van der Waals surface area contributed by atoms with Crippen molar-refractivity contribution in [3.63, 3.8) is 0 Å². The molecule has 1 aliphatic rings. The van der Waals surface area contributed by atoms with Gasteiger partial charge < -0.3 is 10.5 Å². The van der Waals surface area contributed by atoms with E-state index < -0.39 is 0 Å². The number of morpholine rings is 1. The van der Waals surface area contributed by atoms with E-state index in [1.807, 2.05) is 13.8 Å². The molecule has 0 aliphatic carbocycles. The lowest BCUT2D eigenvalue weighted by Crippen LogP contribution is -2.44. The molecule has 4 heteroatoms. The summed E-state index contributed by atoms with van der Waals surface area (Å²) in [4.78, 5) is 2.21. The third-order valence-corrected chi connectivity index (χ3v) is 3.00. The molecule has 17 heavy (non-hydrogen) atoms. The molecule has 1 fully saturated rings. The Morgan fingerprint density at radius 2 is 2.00 bits per heavy atom. The van der Waals surface area contributed by atoms with E-state index in [0.29, 0.717) is 12.1 Å². The largest absolute Gasteiger partial charge is 0.396 e. The van der Waals surface area contributed by atoms with Crippen LogP contribution in [0.2, 0.25) is 0 Å². The molecular formula is C13H19FN2O. The Hall–Kier alpha value is -1.13. The average molecular weight is 238 g/mol. The molecule has 3 nitrogen and oxygen atoms in total. The molecule has 0 saturated carbocycles. The number of hydrogen-bond donors (Lipinski definition) is 1. The van der Waals surface area contributed by atoms with Crippen molar-refractivity contribution in [3.8, 4) is 0 Å². The Bertz CT molecular complexity index is 387. The van der Waals surface area contributed by atoms with Gasteiger partial charge in [-0.2, -0.15) is 0 Å². The third-order valence-electron chi connectivity index (χ3n) is 3.00. The smallest absolute Gasteiger partial charge is 0.150 e. The van der Waals surface area contributed by atoms with E-state index in [1.54, 1.807) is 18.2 Å². The number of ether oxygens (including phenoxy) is 1. The van der Waals surface area contributed by atoms with Crippen molar-refractivity contribution < 1.29 is 9.13 Å². The number of nitrogens with zero attached hydrogens (tertiary/aromatic N) is 1. The summed E-state index contributed by atoms with van der Waals surface area (Å²) in [6.07, 6.45) is 0.394. The standard InChI is InChI=1S/C13H19FN2O/c1-9-6-16(7-10(2)17-9)8-11-4-3-5-12(15)13(11)14/h3-5,9-10H,6-8,15H2,1-2H3. The number of rotatable bonds is 2. The van der Waals surface area contributed by atoms with Gasteiger partial charge in [0, 0.05) is 25.2 Å². The third kappa shape index (κ3) is 2.96. The Balaban J connectivity index is 2.07. The van der Waals surface area contributed by atoms with Gasteiger partial charge in [0.25, 0.3) is 0 Å². The van der Waals surface area contributed by atoms with Gasteiger partial charge in [0.05, 0.1) is 17.9 Å². The molecule has 2 atom stereocenters. The summed E-state index contributed by atoms with van der Waals surface area (Å²) in [5.74, 6) is -0.292. The second-order valence-electron chi connectivity index (χ2n) is 4.77. The van der Waals surface area contributed by atoms with Crippen molar-refractivity contribution in [2.75, 3.05) is 18.8 Å². The van der Waals surface area contributed by atoms with Gasteiger partial charge in [-0.3, -0.25) is 4.90 Å². The zero-order chi connectivity index (χ0) is 12.4. The second-order valence-corrected chi connectivity index (χ2v) is 4.77. The highest BCUT2D eigenvalue weighted by Gasteiger charge is 2.22. The van der Waals surface area contributed by atoms with Gasteiger partial charge in [-0.25, -0.2) is 4.39 Å². The topological polar surface area (TPSA) is 38.5 Å². The fraction of sp³-hybridized carbons (Fsp3) is 0.538. The Labute approximate surface area is 101 Å². The highest BCUT2D eigenvalue weighted by molar-refractivity contribution is 5.42. The van der Waals surface area contributed by atoms with Gasteiger partial charge in [-0.05, 0) is 19.9 Å². The molecule has 1 aliphatic heterocycles. The van der Waals surface area contributed by atoms with Crippen LogP contribution in [-0.2, 0) is 11.3 Å². The molecule has 2 N–H and O–H groups in total. The van der Waals surface area contributed by atoms with Crippen LogP contribution in [0.5, 0.6) is 0 Å². The summed E-state index contributed by atoms with van der Waals surface area (Å²) in [6, 6.07) is 5.17. The zero-order valence-corrected chi connectivity index (χ0v) is 10.3. The Morgan fingerprint density at radius 1 is 1.35 bits per heavy atom. The van der Waals surface area contributed by atoms with Crippen molar-refractivity contribution in [3.05, 3.63) is 29.6 Å². The molecule has 2 rings (SSSR count). The lowest BCUT2D eigenvalue weighted by Gasteiger charge is -2.35. The summed E-state index contributed by atoms with van der Waals surface area (Å²) in [7, 11) is 0. The molecule has 1 saturated heterocycles. The molecule has 0 amide bonds. The highest BCUT2D eigenvalue weighted by Crippen LogP contribution is 2.19. The maximum absolute atomic E-state index is 13.8. The predicted molar refractivity (Wildman–Crippen MR) is 66.1 cm³/mol. The van der Waals surface area contributed by atoms with Gasteiger partial charge in [0.1, 0.15) is 0 Å². The minimum Gasteiger partial charge on any atom is -0.396 e. The maximum atomic E-state index is 13.8. The average Bonchev–Trinajstić information content (AvgIpc) is 2.23. The summed E-state index contributed by atoms with van der Waals surface area (Å²) >= 11 is 0. The molecular weight excluding hydrogens is 219 g/mol. The molecule has 1 aromatic rings. The SMILES string of the molecule is CC1CN(Cc2cccc(N)c2F)CC(C)O1. The first kappa shape index (κ1) is 12.3. The lowest BCUT2D eigenvalue weighted by atomic mass is 10.1. The first-order chi connectivity index (χ1) is 8.06. The maximum Gasteiger partial charge on any atom is 0.150 e. The quantitative estimate of drug-likeness (QED) is 0.801. The zero-order valence-electron chi connectivity index (χ0n) is 10.3. The number of anilines is 1. The molecule has 1 heterocycles. The Morgan fingerprint density at radius 3 is 2.65 bits per heavy atom. The summed E-state index contributed by atoms with van der Waals surface area (Å²) in [6.45, 7) is 6.34. The number of hydrogen-bond acceptors (Lipinski definition) is 3. The minimum atomic E-state index is -0.292. The second kappa shape index (κ2) is 5.02. The van der Waals surface area contributed by atoms with E-state index in [0.717, 1.165) is 13.1 Å². The van der Waals surface area contributed by atoms with E-state index in [1.165, 1.54) is 0 Å². The number of benzene rings is 1. The monoisotopic (exact) mass is 238 g/mol. The number of nitrogen functional groups attached to an aromatic ring is 1. The molecule has 0 bridgehead atoms. The van der Waals surface area contributed by atoms with Crippen LogP contribution in [-0.4, -0.2) is 30.2 Å². The summed E-state index contributed by atoms with van der Waals surface area (Å²) < 4.78 is 19.4. The summed E-state index contributed by atoms with van der Waals surface area (Å²) in [5.41, 5.74) is 6.44. The fourth-order valence-electron chi connectivity index (χ4n) is 2.38. The van der Waals surface area contributed by atoms with Crippen LogP contribution in [0.3, 0.4) is 0 Å². The van der Waals surface area contributed by atoms with Crippen LogP contribution in [0.15, 0.2) is 18.2 Å². The normalized spacial score (nSPS) is 26.1. The van der Waals surface area contributed by atoms with Gasteiger partial charge in [-0.15, -0.1) is 0 Å². The molecule has 2 unspecified atom stereocenters. The van der Waals surface area contributed by atoms with Crippen molar-refractivity contribution in [1.29, 1.82) is 0 Å². The van der Waals surface area contributed by atoms with Crippen LogP contribution < -0.4 is 5.73 Å². The van der Waals surface area contributed by atoms with Gasteiger partial charge in [-0.1, -0.05) is 12.1 Å². The van der Waals surface area contributed by atoms with Gasteiger partial charge in [0.2, 0.25) is 0 Å². The van der Waals surface area contributed by atoms with Crippen molar-refractivity contribution >= 4 is 5.69 Å². The van der Waals surface area contributed by atoms with Crippen LogP contribution in [0.4, 0.5) is 10.1 Å². The van der Waals surface area contributed by atoms with Crippen LogP contribution in [0, 0.1) is 5.82 Å². The van der Waals surface area contributed by atoms with Crippen LogP contribution in [0.25, 0.3) is 0 Å². The van der Waals surface area contributed by atoms with Gasteiger partial charge >= 0.3 is 0 Å². The van der Waals surface area contributed by atoms with Crippen LogP contribution >= 0.6 is 0 Å². The van der Waals surface area contributed by atoms with E-state index in [2.05, 4.69) is 4.90 Å². The Kier molecular flexibility index (Phi) is 3.64. The van der Waals surface area contributed by atoms with Crippen molar-refractivity contribution in [2.24, 2.45) is 0 Å². The predicted octanol–water partition coefficient (Wildman–Crippen LogP) is 2.02. The van der Waals surface area contributed by atoms with Gasteiger partial charge in [0.15, 0.2) is 5.82 Å². The molecule has 94 valence electrons. The fourth-order valence-corrected chi connectivity index (χ4v) is 2.38. The van der Waals surface area contributed by atoms with Crippen molar-refractivity contribution in [2.45, 2.75) is 32.6 Å². The molecule has 0 radical (unpaired) electrons. The van der Waals surface area contributed by atoms with E-state index in [4.69, 9.17) is 10.5 Å². The molecule has 0 aromatic heterocycles. The van der Waals surface area contributed by atoms with Crippen LogP contribution in [0.1, 0.15) is 19.4 Å². The lowest BCUT2D eigenvalue weighted by molar-refractivity contribution is -0.0707. The first-order valence-electron chi connectivity index (χ1n) is 5.97. The highest BCUT2D eigenvalue weighted by atomic mass is 19.1. The van der Waals surface area contributed by atoms with E-state index in [9.17, 15) is 4.39 Å². The number of nitrogens with two attached hydrogens (primary N) is 1. The van der Waals surface area contributed by atoms with E-state index in [-0.39, 0.29) is 23.7 Å². The van der Waals surface area contributed by atoms with Crippen molar-refractivity contribution in [1.82, 2.24) is 4.90 Å². The van der Waals surface area contributed by atoms with E-state index >= 15 is 0 Å². The molecule has 0 spiro atoms.